The summed E-state index contributed by atoms with van der Waals surface area (Å²) in [6.07, 6.45) is 4.56. The number of rotatable bonds is 5. The molecule has 0 radical (unpaired) electrons. The summed E-state index contributed by atoms with van der Waals surface area (Å²) in [6, 6.07) is 5.28. The van der Waals surface area contributed by atoms with E-state index in [0.29, 0.717) is 17.4 Å². The Morgan fingerprint density at radius 1 is 1.39 bits per heavy atom. The van der Waals surface area contributed by atoms with Crippen molar-refractivity contribution in [2.45, 2.75) is 13.0 Å². The minimum absolute atomic E-state index is 0.0182. The Morgan fingerprint density at radius 3 is 2.83 bits per heavy atom. The summed E-state index contributed by atoms with van der Waals surface area (Å²) in [4.78, 5) is 0. The normalized spacial score (nSPS) is 10.6. The number of halogens is 1. The maximum absolute atomic E-state index is 8.97. The van der Waals surface area contributed by atoms with Crippen LogP contribution in [0, 0.1) is 0 Å². The van der Waals surface area contributed by atoms with Gasteiger partial charge in [-0.25, -0.2) is 0 Å². The average Bonchev–Trinajstić information content (AvgIpc) is 2.77. The lowest BCUT2D eigenvalue weighted by Crippen LogP contribution is -2.01. The van der Waals surface area contributed by atoms with Gasteiger partial charge in [-0.3, -0.25) is 4.68 Å². The van der Waals surface area contributed by atoms with Crippen LogP contribution in [0.4, 0.5) is 0 Å². The lowest BCUT2D eigenvalue weighted by Gasteiger charge is -2.08. The number of aryl methyl sites for hydroxylation is 1. The minimum atomic E-state index is -0.0182. The molecule has 18 heavy (non-hydrogen) atoms. The van der Waals surface area contributed by atoms with Gasteiger partial charge in [0.1, 0.15) is 5.75 Å². The topological polar surface area (TPSA) is 47.3 Å². The van der Waals surface area contributed by atoms with E-state index in [2.05, 4.69) is 5.10 Å². The first kappa shape index (κ1) is 12.9. The molecule has 2 rings (SSSR count). The highest BCUT2D eigenvalue weighted by molar-refractivity contribution is 6.32. The van der Waals surface area contributed by atoms with Gasteiger partial charge in [-0.1, -0.05) is 17.7 Å². The van der Waals surface area contributed by atoms with Crippen LogP contribution in [0.1, 0.15) is 11.1 Å². The van der Waals surface area contributed by atoms with Gasteiger partial charge >= 0.3 is 0 Å². The third kappa shape index (κ3) is 3.24. The number of hydrogen-bond acceptors (Lipinski definition) is 3. The first-order valence-electron chi connectivity index (χ1n) is 5.68. The summed E-state index contributed by atoms with van der Waals surface area (Å²) in [5.41, 5.74) is 1.90. The maximum Gasteiger partial charge on any atom is 0.137 e. The highest BCUT2D eigenvalue weighted by Crippen LogP contribution is 2.25. The molecule has 0 aliphatic carbocycles. The molecule has 1 N–H and O–H groups in total. The van der Waals surface area contributed by atoms with Crippen LogP contribution in [-0.2, 0) is 20.1 Å². The average molecular weight is 267 g/mol. The van der Waals surface area contributed by atoms with Crippen molar-refractivity contribution >= 4 is 11.6 Å². The van der Waals surface area contributed by atoms with E-state index in [9.17, 15) is 0 Å². The van der Waals surface area contributed by atoms with Gasteiger partial charge in [0.05, 0.1) is 24.4 Å². The summed E-state index contributed by atoms with van der Waals surface area (Å²) < 4.78 is 7.36. The van der Waals surface area contributed by atoms with Crippen molar-refractivity contribution < 1.29 is 9.84 Å². The standard InChI is InChI=1S/C13H15ClN2O2/c1-16-8-11(7-15-16)4-5-18-13-3-2-10(9-17)6-12(13)14/h2-3,6-8,17H,4-5,9H2,1H3. The zero-order chi connectivity index (χ0) is 13.0. The van der Waals surface area contributed by atoms with Crippen molar-refractivity contribution in [2.75, 3.05) is 6.61 Å². The second-order valence-electron chi connectivity index (χ2n) is 4.04. The molecule has 0 saturated carbocycles. The molecular weight excluding hydrogens is 252 g/mol. The molecule has 1 aromatic heterocycles. The smallest absolute Gasteiger partial charge is 0.137 e. The first-order chi connectivity index (χ1) is 8.69. The molecule has 1 aromatic carbocycles. The lowest BCUT2D eigenvalue weighted by atomic mass is 10.2. The van der Waals surface area contributed by atoms with Gasteiger partial charge in [-0.05, 0) is 23.3 Å². The Balaban J connectivity index is 1.90. The molecule has 1 heterocycles. The fourth-order valence-corrected chi connectivity index (χ4v) is 1.90. The van der Waals surface area contributed by atoms with Crippen molar-refractivity contribution in [1.82, 2.24) is 9.78 Å². The fourth-order valence-electron chi connectivity index (χ4n) is 1.64. The van der Waals surface area contributed by atoms with Gasteiger partial charge in [-0.15, -0.1) is 0 Å². The van der Waals surface area contributed by atoms with Crippen LogP contribution < -0.4 is 4.74 Å². The van der Waals surface area contributed by atoms with E-state index in [1.165, 1.54) is 0 Å². The molecule has 0 amide bonds. The van der Waals surface area contributed by atoms with Gasteiger partial charge in [0.2, 0.25) is 0 Å². The first-order valence-corrected chi connectivity index (χ1v) is 6.06. The van der Waals surface area contributed by atoms with Crippen LogP contribution in [-0.4, -0.2) is 21.5 Å². The largest absolute Gasteiger partial charge is 0.492 e. The van der Waals surface area contributed by atoms with Crippen LogP contribution in [0.15, 0.2) is 30.6 Å². The molecule has 0 aliphatic rings. The fraction of sp³-hybridized carbons (Fsp3) is 0.308. The molecule has 96 valence electrons. The summed E-state index contributed by atoms with van der Waals surface area (Å²) >= 11 is 6.04. The van der Waals surface area contributed by atoms with E-state index in [-0.39, 0.29) is 6.61 Å². The lowest BCUT2D eigenvalue weighted by molar-refractivity contribution is 0.281. The van der Waals surface area contributed by atoms with E-state index in [0.717, 1.165) is 17.5 Å². The molecule has 2 aromatic rings. The molecular formula is C13H15ClN2O2. The second-order valence-corrected chi connectivity index (χ2v) is 4.45. The molecule has 0 saturated heterocycles. The monoisotopic (exact) mass is 266 g/mol. The minimum Gasteiger partial charge on any atom is -0.492 e. The van der Waals surface area contributed by atoms with Gasteiger partial charge in [0.15, 0.2) is 0 Å². The van der Waals surface area contributed by atoms with Crippen molar-refractivity contribution in [3.8, 4) is 5.75 Å². The summed E-state index contributed by atoms with van der Waals surface area (Å²) in [5, 5.41) is 13.6. The Morgan fingerprint density at radius 2 is 2.22 bits per heavy atom. The van der Waals surface area contributed by atoms with Gasteiger partial charge in [-0.2, -0.15) is 5.10 Å². The molecule has 0 aliphatic heterocycles. The van der Waals surface area contributed by atoms with E-state index < -0.39 is 0 Å². The van der Waals surface area contributed by atoms with Crippen molar-refractivity contribution in [1.29, 1.82) is 0 Å². The number of aliphatic hydroxyl groups excluding tert-OH is 1. The molecule has 0 spiro atoms. The quantitative estimate of drug-likeness (QED) is 0.902. The zero-order valence-electron chi connectivity index (χ0n) is 10.1. The molecule has 0 fully saturated rings. The van der Waals surface area contributed by atoms with Crippen LogP contribution in [0.5, 0.6) is 5.75 Å². The number of hydrogen-bond donors (Lipinski definition) is 1. The van der Waals surface area contributed by atoms with Crippen molar-refractivity contribution in [2.24, 2.45) is 7.05 Å². The van der Waals surface area contributed by atoms with Crippen LogP contribution in [0.25, 0.3) is 0 Å². The predicted octanol–water partition coefficient (Wildman–Crippen LogP) is 2.19. The van der Waals surface area contributed by atoms with E-state index >= 15 is 0 Å². The number of nitrogens with zero attached hydrogens (tertiary/aromatic N) is 2. The molecule has 0 bridgehead atoms. The number of ether oxygens (including phenoxy) is 1. The molecule has 4 nitrogen and oxygen atoms in total. The Kier molecular flexibility index (Phi) is 4.23. The predicted molar refractivity (Wildman–Crippen MR) is 69.8 cm³/mol. The van der Waals surface area contributed by atoms with Crippen LogP contribution in [0.2, 0.25) is 5.02 Å². The molecule has 0 atom stereocenters. The molecule has 0 unspecified atom stereocenters. The third-order valence-corrected chi connectivity index (χ3v) is 2.88. The highest BCUT2D eigenvalue weighted by atomic mass is 35.5. The van der Waals surface area contributed by atoms with Crippen LogP contribution >= 0.6 is 11.6 Å². The van der Waals surface area contributed by atoms with E-state index in [1.54, 1.807) is 22.9 Å². The Hall–Kier alpha value is -1.52. The van der Waals surface area contributed by atoms with Crippen LogP contribution in [0.3, 0.4) is 0 Å². The van der Waals surface area contributed by atoms with Gasteiger partial charge in [0, 0.05) is 19.7 Å². The maximum atomic E-state index is 8.97. The Labute approximate surface area is 111 Å². The van der Waals surface area contributed by atoms with Crippen molar-refractivity contribution in [3.05, 3.63) is 46.7 Å². The molecule has 5 heteroatoms. The third-order valence-electron chi connectivity index (χ3n) is 2.59. The number of benzene rings is 1. The summed E-state index contributed by atoms with van der Waals surface area (Å²) in [6.45, 7) is 0.527. The highest BCUT2D eigenvalue weighted by Gasteiger charge is 2.03. The SMILES string of the molecule is Cn1cc(CCOc2ccc(CO)cc2Cl)cn1. The second kappa shape index (κ2) is 5.89. The summed E-state index contributed by atoms with van der Waals surface area (Å²) in [5.74, 6) is 0.637. The van der Waals surface area contributed by atoms with Gasteiger partial charge < -0.3 is 9.84 Å². The summed E-state index contributed by atoms with van der Waals surface area (Å²) in [7, 11) is 1.88. The van der Waals surface area contributed by atoms with E-state index in [4.69, 9.17) is 21.4 Å². The number of aliphatic hydroxyl groups is 1. The van der Waals surface area contributed by atoms with Gasteiger partial charge in [0.25, 0.3) is 0 Å². The van der Waals surface area contributed by atoms with E-state index in [1.807, 2.05) is 19.4 Å². The number of aromatic nitrogens is 2. The zero-order valence-corrected chi connectivity index (χ0v) is 10.9. The van der Waals surface area contributed by atoms with Crippen molar-refractivity contribution in [3.63, 3.8) is 0 Å². The Bertz CT molecular complexity index is 525.